The molecule has 1 heterocycles. The average Bonchev–Trinajstić information content (AvgIpc) is 2.97. The van der Waals surface area contributed by atoms with E-state index in [-0.39, 0.29) is 5.01 Å². The molecule has 0 saturated heterocycles. The van der Waals surface area contributed by atoms with Gasteiger partial charge in [0.05, 0.1) is 19.6 Å². The van der Waals surface area contributed by atoms with Gasteiger partial charge in [0.1, 0.15) is 5.71 Å². The summed E-state index contributed by atoms with van der Waals surface area (Å²) in [5.74, 6) is -0.245. The maximum Gasteiger partial charge on any atom is 0.287 e. The fourth-order valence-electron chi connectivity index (χ4n) is 2.61. The van der Waals surface area contributed by atoms with E-state index in [9.17, 15) is 27.5 Å². The monoisotopic (exact) mass is 392 g/mol. The number of nitrogens with zero attached hydrogens (tertiary/aromatic N) is 2. The molecule has 0 radical (unpaired) electrons. The van der Waals surface area contributed by atoms with Crippen LogP contribution in [0.25, 0.3) is 0 Å². The number of carbonyl (C=O) groups is 1. The van der Waals surface area contributed by atoms with Gasteiger partial charge in [-0.05, 0) is 31.5 Å². The van der Waals surface area contributed by atoms with Crippen LogP contribution in [0.2, 0.25) is 0 Å². The van der Waals surface area contributed by atoms with E-state index in [1.54, 1.807) is 19.9 Å². The SMILES string of the molecule is CCOc1ccc(CC(=O)N2N=C(C(F)F)CC2(O)C(F)F)cc1OCC. The van der Waals surface area contributed by atoms with Crippen molar-refractivity contribution in [2.75, 3.05) is 13.2 Å². The summed E-state index contributed by atoms with van der Waals surface area (Å²) < 4.78 is 62.9. The number of halogens is 4. The van der Waals surface area contributed by atoms with E-state index in [0.717, 1.165) is 0 Å². The molecule has 0 spiro atoms. The number of alkyl halides is 4. The molecule has 1 aliphatic heterocycles. The van der Waals surface area contributed by atoms with E-state index >= 15 is 0 Å². The molecule has 27 heavy (non-hydrogen) atoms. The first-order chi connectivity index (χ1) is 12.7. The van der Waals surface area contributed by atoms with Crippen LogP contribution in [0.4, 0.5) is 17.6 Å². The third-order valence-corrected chi connectivity index (χ3v) is 3.84. The van der Waals surface area contributed by atoms with Crippen molar-refractivity contribution in [3.8, 4) is 11.5 Å². The van der Waals surface area contributed by atoms with Gasteiger partial charge in [0.25, 0.3) is 12.9 Å². The highest BCUT2D eigenvalue weighted by Crippen LogP contribution is 2.34. The highest BCUT2D eigenvalue weighted by Gasteiger charge is 2.53. The summed E-state index contributed by atoms with van der Waals surface area (Å²) in [5, 5.41) is 13.3. The Morgan fingerprint density at radius 3 is 2.41 bits per heavy atom. The first-order valence-corrected chi connectivity index (χ1v) is 8.30. The Labute approximate surface area is 153 Å². The molecule has 1 unspecified atom stereocenters. The summed E-state index contributed by atoms with van der Waals surface area (Å²) >= 11 is 0. The number of benzene rings is 1. The summed E-state index contributed by atoms with van der Waals surface area (Å²) in [6.45, 7) is 4.25. The number of carbonyl (C=O) groups excluding carboxylic acids is 1. The van der Waals surface area contributed by atoms with E-state index in [1.165, 1.54) is 12.1 Å². The number of amides is 1. The summed E-state index contributed by atoms with van der Waals surface area (Å²) in [6.07, 6.45) is -8.16. The van der Waals surface area contributed by atoms with Crippen LogP contribution in [-0.2, 0) is 11.2 Å². The third kappa shape index (κ3) is 4.49. The summed E-state index contributed by atoms with van der Waals surface area (Å²) in [7, 11) is 0. The summed E-state index contributed by atoms with van der Waals surface area (Å²) in [6, 6.07) is 4.55. The minimum absolute atomic E-state index is 0.0516. The highest BCUT2D eigenvalue weighted by atomic mass is 19.3. The molecular weight excluding hydrogens is 372 g/mol. The Hall–Kier alpha value is -2.36. The zero-order chi connectivity index (χ0) is 20.2. The van der Waals surface area contributed by atoms with Gasteiger partial charge < -0.3 is 14.6 Å². The molecule has 1 aromatic rings. The van der Waals surface area contributed by atoms with Gasteiger partial charge >= 0.3 is 0 Å². The molecule has 1 atom stereocenters. The van der Waals surface area contributed by atoms with Gasteiger partial charge in [-0.15, -0.1) is 0 Å². The molecule has 150 valence electrons. The van der Waals surface area contributed by atoms with Crippen LogP contribution < -0.4 is 9.47 Å². The van der Waals surface area contributed by atoms with E-state index in [2.05, 4.69) is 5.10 Å². The second-order valence-electron chi connectivity index (χ2n) is 5.78. The van der Waals surface area contributed by atoms with Crippen LogP contribution in [0.3, 0.4) is 0 Å². The van der Waals surface area contributed by atoms with Crippen LogP contribution in [-0.4, -0.2) is 53.5 Å². The van der Waals surface area contributed by atoms with Gasteiger partial charge in [-0.2, -0.15) is 10.1 Å². The first-order valence-electron chi connectivity index (χ1n) is 8.30. The Morgan fingerprint density at radius 2 is 1.85 bits per heavy atom. The number of hydrazone groups is 1. The largest absolute Gasteiger partial charge is 0.490 e. The fourth-order valence-corrected chi connectivity index (χ4v) is 2.61. The van der Waals surface area contributed by atoms with Gasteiger partial charge in [0.15, 0.2) is 11.5 Å². The van der Waals surface area contributed by atoms with Crippen LogP contribution in [0.5, 0.6) is 11.5 Å². The van der Waals surface area contributed by atoms with Gasteiger partial charge in [-0.25, -0.2) is 17.6 Å². The lowest BCUT2D eigenvalue weighted by atomic mass is 10.1. The predicted molar refractivity (Wildman–Crippen MR) is 88.3 cm³/mol. The number of ether oxygens (including phenoxy) is 2. The van der Waals surface area contributed by atoms with Crippen LogP contribution in [0.1, 0.15) is 25.8 Å². The van der Waals surface area contributed by atoms with E-state index in [0.29, 0.717) is 30.3 Å². The third-order valence-electron chi connectivity index (χ3n) is 3.84. The van der Waals surface area contributed by atoms with Crippen molar-refractivity contribution in [3.63, 3.8) is 0 Å². The lowest BCUT2D eigenvalue weighted by Crippen LogP contribution is -2.52. The first kappa shape index (κ1) is 20.9. The highest BCUT2D eigenvalue weighted by molar-refractivity contribution is 5.93. The molecule has 10 heteroatoms. The molecule has 0 bridgehead atoms. The standard InChI is InChI=1S/C17H20F4N2O4/c1-3-26-12-6-5-10(7-13(12)27-4-2)8-14(24)23-17(25,16(20)21)9-11(22-23)15(18)19/h5-7,15-16,25H,3-4,8-9H2,1-2H3. The van der Waals surface area contributed by atoms with Crippen molar-refractivity contribution in [2.45, 2.75) is 45.3 Å². The lowest BCUT2D eigenvalue weighted by Gasteiger charge is -2.30. The summed E-state index contributed by atoms with van der Waals surface area (Å²) in [5.41, 5.74) is -3.69. The van der Waals surface area contributed by atoms with E-state index in [4.69, 9.17) is 9.47 Å². The maximum absolute atomic E-state index is 13.2. The van der Waals surface area contributed by atoms with Crippen LogP contribution in [0, 0.1) is 0 Å². The number of hydrogen-bond acceptors (Lipinski definition) is 5. The van der Waals surface area contributed by atoms with Crippen LogP contribution in [0.15, 0.2) is 23.3 Å². The Kier molecular flexibility index (Phi) is 6.63. The minimum atomic E-state index is -3.46. The van der Waals surface area contributed by atoms with Gasteiger partial charge in [-0.1, -0.05) is 6.07 Å². The van der Waals surface area contributed by atoms with Crippen molar-refractivity contribution in [1.29, 1.82) is 0 Å². The molecular formula is C17H20F4N2O4. The predicted octanol–water partition coefficient (Wildman–Crippen LogP) is 2.83. The number of rotatable bonds is 8. The zero-order valence-electron chi connectivity index (χ0n) is 14.8. The van der Waals surface area contributed by atoms with E-state index < -0.39 is 43.0 Å². The smallest absolute Gasteiger partial charge is 0.287 e. The lowest BCUT2D eigenvalue weighted by molar-refractivity contribution is -0.191. The Bertz CT molecular complexity index is 714. The van der Waals surface area contributed by atoms with Crippen molar-refractivity contribution in [3.05, 3.63) is 23.8 Å². The van der Waals surface area contributed by atoms with Crippen molar-refractivity contribution >= 4 is 11.6 Å². The summed E-state index contributed by atoms with van der Waals surface area (Å²) in [4.78, 5) is 12.4. The van der Waals surface area contributed by atoms with E-state index in [1.807, 2.05) is 0 Å². The normalized spacial score (nSPS) is 19.6. The minimum Gasteiger partial charge on any atom is -0.490 e. The van der Waals surface area contributed by atoms with Crippen molar-refractivity contribution in [1.82, 2.24) is 5.01 Å². The molecule has 0 aromatic heterocycles. The molecule has 2 rings (SSSR count). The molecule has 1 N–H and O–H groups in total. The average molecular weight is 392 g/mol. The molecule has 1 aliphatic rings. The Balaban J connectivity index is 2.25. The molecule has 1 aromatic carbocycles. The number of aliphatic hydroxyl groups is 1. The zero-order valence-corrected chi connectivity index (χ0v) is 14.8. The molecule has 0 saturated carbocycles. The molecule has 0 fully saturated rings. The van der Waals surface area contributed by atoms with Crippen molar-refractivity contribution in [2.24, 2.45) is 5.10 Å². The quantitative estimate of drug-likeness (QED) is 0.691. The maximum atomic E-state index is 13.2. The Morgan fingerprint density at radius 1 is 1.22 bits per heavy atom. The van der Waals surface area contributed by atoms with Gasteiger partial charge in [0, 0.05) is 6.42 Å². The van der Waals surface area contributed by atoms with Gasteiger partial charge in [0.2, 0.25) is 11.6 Å². The van der Waals surface area contributed by atoms with Gasteiger partial charge in [-0.3, -0.25) is 4.79 Å². The second kappa shape index (κ2) is 8.55. The molecule has 0 aliphatic carbocycles. The molecule has 1 amide bonds. The van der Waals surface area contributed by atoms with Crippen LogP contribution >= 0.6 is 0 Å². The van der Waals surface area contributed by atoms with Crippen molar-refractivity contribution < 1.29 is 36.9 Å². The topological polar surface area (TPSA) is 71.4 Å². The fraction of sp³-hybridized carbons (Fsp3) is 0.529. The number of hydrogen-bond donors (Lipinski definition) is 1. The molecule has 6 nitrogen and oxygen atoms in total. The second-order valence-corrected chi connectivity index (χ2v) is 5.78.